The molecule has 4 nitrogen and oxygen atoms in total. The second-order valence-electron chi connectivity index (χ2n) is 4.80. The van der Waals surface area contributed by atoms with E-state index in [9.17, 15) is 4.79 Å². The van der Waals surface area contributed by atoms with Gasteiger partial charge in [0, 0.05) is 17.8 Å². The molecule has 2 rings (SSSR count). The van der Waals surface area contributed by atoms with Crippen LogP contribution < -0.4 is 11.1 Å². The minimum absolute atomic E-state index is 0.129. The Kier molecular flexibility index (Phi) is 4.35. The van der Waals surface area contributed by atoms with Crippen molar-refractivity contribution in [2.75, 3.05) is 5.73 Å². The van der Waals surface area contributed by atoms with Gasteiger partial charge in [0.05, 0.1) is 0 Å². The fourth-order valence-corrected chi connectivity index (χ4v) is 2.03. The van der Waals surface area contributed by atoms with Crippen molar-refractivity contribution in [1.82, 2.24) is 10.3 Å². The van der Waals surface area contributed by atoms with Gasteiger partial charge in [-0.1, -0.05) is 36.8 Å². The fraction of sp³-hybridized carbons (Fsp3) is 0.250. The lowest BCUT2D eigenvalue weighted by atomic mass is 10.1. The molecule has 0 aliphatic carbocycles. The molecule has 0 bridgehead atoms. The van der Waals surface area contributed by atoms with Crippen molar-refractivity contribution >= 4 is 11.7 Å². The topological polar surface area (TPSA) is 68.0 Å². The fourth-order valence-electron chi connectivity index (χ4n) is 2.03. The average Bonchev–Trinajstić information content (AvgIpc) is 2.44. The van der Waals surface area contributed by atoms with Crippen LogP contribution in [0.5, 0.6) is 0 Å². The predicted molar refractivity (Wildman–Crippen MR) is 80.4 cm³/mol. The van der Waals surface area contributed by atoms with Crippen LogP contribution in [-0.4, -0.2) is 10.9 Å². The third-order valence-corrected chi connectivity index (χ3v) is 3.06. The molecule has 4 heteroatoms. The molecule has 20 heavy (non-hydrogen) atoms. The SMILES string of the molecule is CCc1cc(C(=O)NCc2cccc(C)c2)cc(N)n1. The number of anilines is 1. The van der Waals surface area contributed by atoms with Crippen molar-refractivity contribution in [1.29, 1.82) is 0 Å². The van der Waals surface area contributed by atoms with Crippen LogP contribution in [0.4, 0.5) is 5.82 Å². The second-order valence-corrected chi connectivity index (χ2v) is 4.80. The van der Waals surface area contributed by atoms with Crippen molar-refractivity contribution in [3.05, 3.63) is 58.8 Å². The number of hydrogen-bond acceptors (Lipinski definition) is 3. The van der Waals surface area contributed by atoms with Gasteiger partial charge >= 0.3 is 0 Å². The van der Waals surface area contributed by atoms with Gasteiger partial charge in [0.1, 0.15) is 5.82 Å². The van der Waals surface area contributed by atoms with Crippen LogP contribution in [0.25, 0.3) is 0 Å². The Morgan fingerprint density at radius 3 is 2.80 bits per heavy atom. The summed E-state index contributed by atoms with van der Waals surface area (Å²) in [4.78, 5) is 16.3. The Morgan fingerprint density at radius 2 is 2.10 bits per heavy atom. The summed E-state index contributed by atoms with van der Waals surface area (Å²) in [5.41, 5.74) is 9.35. The zero-order valence-corrected chi connectivity index (χ0v) is 11.8. The van der Waals surface area contributed by atoms with Crippen LogP contribution in [0.2, 0.25) is 0 Å². The first-order valence-electron chi connectivity index (χ1n) is 6.68. The smallest absolute Gasteiger partial charge is 0.251 e. The van der Waals surface area contributed by atoms with Crippen molar-refractivity contribution < 1.29 is 4.79 Å². The molecule has 0 saturated heterocycles. The number of rotatable bonds is 4. The van der Waals surface area contributed by atoms with Gasteiger partial charge in [0.15, 0.2) is 0 Å². The van der Waals surface area contributed by atoms with Crippen molar-refractivity contribution in [2.45, 2.75) is 26.8 Å². The van der Waals surface area contributed by atoms with Crippen LogP contribution in [0, 0.1) is 6.92 Å². The molecule has 2 aromatic rings. The summed E-state index contributed by atoms with van der Waals surface area (Å²) in [6, 6.07) is 11.4. The number of aromatic nitrogens is 1. The lowest BCUT2D eigenvalue weighted by Crippen LogP contribution is -2.23. The molecule has 0 fully saturated rings. The van der Waals surface area contributed by atoms with E-state index < -0.39 is 0 Å². The molecule has 0 atom stereocenters. The van der Waals surface area contributed by atoms with Crippen molar-refractivity contribution in [3.8, 4) is 0 Å². The number of pyridine rings is 1. The van der Waals surface area contributed by atoms with Gasteiger partial charge in [0.25, 0.3) is 5.91 Å². The molecule has 0 radical (unpaired) electrons. The van der Waals surface area contributed by atoms with E-state index in [1.807, 2.05) is 32.0 Å². The van der Waals surface area contributed by atoms with Crippen molar-refractivity contribution in [2.24, 2.45) is 0 Å². The van der Waals surface area contributed by atoms with E-state index in [-0.39, 0.29) is 5.91 Å². The van der Waals surface area contributed by atoms with Gasteiger partial charge in [-0.05, 0) is 31.0 Å². The largest absolute Gasteiger partial charge is 0.384 e. The molecule has 104 valence electrons. The third kappa shape index (κ3) is 3.57. The Hall–Kier alpha value is -2.36. The number of benzene rings is 1. The highest BCUT2D eigenvalue weighted by molar-refractivity contribution is 5.94. The first-order chi connectivity index (χ1) is 9.58. The second kappa shape index (κ2) is 6.19. The molecule has 0 spiro atoms. The molecule has 0 saturated carbocycles. The molecular formula is C16H19N3O. The standard InChI is InChI=1S/C16H19N3O/c1-3-14-8-13(9-15(17)19-14)16(20)18-10-12-6-4-5-11(2)7-12/h4-9H,3,10H2,1-2H3,(H2,17,19)(H,18,20). The number of carbonyl (C=O) groups is 1. The number of hydrogen-bond donors (Lipinski definition) is 2. The molecule has 3 N–H and O–H groups in total. The van der Waals surface area contributed by atoms with Crippen LogP contribution in [0.3, 0.4) is 0 Å². The number of nitrogens with two attached hydrogens (primary N) is 1. The monoisotopic (exact) mass is 269 g/mol. The Bertz CT molecular complexity index is 623. The van der Waals surface area contributed by atoms with Crippen LogP contribution in [0.1, 0.15) is 34.1 Å². The van der Waals surface area contributed by atoms with E-state index in [0.29, 0.717) is 17.9 Å². The normalized spacial score (nSPS) is 10.3. The van der Waals surface area contributed by atoms with E-state index in [4.69, 9.17) is 5.73 Å². The van der Waals surface area contributed by atoms with Gasteiger partial charge in [-0.15, -0.1) is 0 Å². The van der Waals surface area contributed by atoms with Gasteiger partial charge < -0.3 is 11.1 Å². The quantitative estimate of drug-likeness (QED) is 0.896. The number of carbonyl (C=O) groups excluding carboxylic acids is 1. The molecule has 0 aliphatic heterocycles. The summed E-state index contributed by atoms with van der Waals surface area (Å²) in [6.07, 6.45) is 0.753. The molecule has 1 aromatic heterocycles. The van der Waals surface area contributed by atoms with Crippen LogP contribution in [0.15, 0.2) is 36.4 Å². The Balaban J connectivity index is 2.07. The van der Waals surface area contributed by atoms with Crippen LogP contribution >= 0.6 is 0 Å². The van der Waals surface area contributed by atoms with E-state index in [1.165, 1.54) is 5.56 Å². The van der Waals surface area contributed by atoms with E-state index >= 15 is 0 Å². The average molecular weight is 269 g/mol. The zero-order valence-electron chi connectivity index (χ0n) is 11.8. The van der Waals surface area contributed by atoms with Gasteiger partial charge in [0.2, 0.25) is 0 Å². The molecule has 0 aliphatic rings. The van der Waals surface area contributed by atoms with E-state index in [0.717, 1.165) is 17.7 Å². The minimum Gasteiger partial charge on any atom is -0.384 e. The molecule has 0 unspecified atom stereocenters. The van der Waals surface area contributed by atoms with Crippen LogP contribution in [-0.2, 0) is 13.0 Å². The highest BCUT2D eigenvalue weighted by atomic mass is 16.1. The summed E-state index contributed by atoms with van der Waals surface area (Å²) in [5, 5.41) is 2.90. The lowest BCUT2D eigenvalue weighted by molar-refractivity contribution is 0.0950. The molecular weight excluding hydrogens is 250 g/mol. The van der Waals surface area contributed by atoms with E-state index in [1.54, 1.807) is 12.1 Å². The number of aryl methyl sites for hydroxylation is 2. The number of nitrogen functional groups attached to an aromatic ring is 1. The zero-order chi connectivity index (χ0) is 14.5. The first-order valence-corrected chi connectivity index (χ1v) is 6.68. The molecule has 1 heterocycles. The summed E-state index contributed by atoms with van der Waals surface area (Å²) in [6.45, 7) is 4.52. The summed E-state index contributed by atoms with van der Waals surface area (Å²) in [7, 11) is 0. The molecule has 1 aromatic carbocycles. The van der Waals surface area contributed by atoms with E-state index in [2.05, 4.69) is 16.4 Å². The highest BCUT2D eigenvalue weighted by Gasteiger charge is 2.08. The summed E-state index contributed by atoms with van der Waals surface area (Å²) in [5.74, 6) is 0.250. The predicted octanol–water partition coefficient (Wildman–Crippen LogP) is 2.46. The van der Waals surface area contributed by atoms with Gasteiger partial charge in [-0.25, -0.2) is 4.98 Å². The number of amides is 1. The number of nitrogens with one attached hydrogen (secondary N) is 1. The maximum absolute atomic E-state index is 12.1. The summed E-state index contributed by atoms with van der Waals surface area (Å²) >= 11 is 0. The first kappa shape index (κ1) is 14.1. The summed E-state index contributed by atoms with van der Waals surface area (Å²) < 4.78 is 0. The van der Waals surface area contributed by atoms with Gasteiger partial charge in [-0.3, -0.25) is 4.79 Å². The molecule has 1 amide bonds. The van der Waals surface area contributed by atoms with Crippen molar-refractivity contribution in [3.63, 3.8) is 0 Å². The maximum Gasteiger partial charge on any atom is 0.251 e. The Morgan fingerprint density at radius 1 is 1.30 bits per heavy atom. The minimum atomic E-state index is -0.129. The number of nitrogens with zero attached hydrogens (tertiary/aromatic N) is 1. The van der Waals surface area contributed by atoms with Gasteiger partial charge in [-0.2, -0.15) is 0 Å². The highest BCUT2D eigenvalue weighted by Crippen LogP contribution is 2.09. The third-order valence-electron chi connectivity index (χ3n) is 3.06. The Labute approximate surface area is 119 Å². The maximum atomic E-state index is 12.1. The lowest BCUT2D eigenvalue weighted by Gasteiger charge is -2.08.